The normalized spacial score (nSPS) is 14.2. The summed E-state index contributed by atoms with van der Waals surface area (Å²) in [5, 5.41) is 0. The Bertz CT molecular complexity index is 162. The fourth-order valence-electron chi connectivity index (χ4n) is 1.46. The second kappa shape index (κ2) is 9.49. The minimum atomic E-state index is -0.521. The first kappa shape index (κ1) is 15.3. The van der Waals surface area contributed by atoms with E-state index in [1.807, 2.05) is 13.8 Å². The summed E-state index contributed by atoms with van der Waals surface area (Å²) in [6, 6.07) is 0. The van der Waals surface area contributed by atoms with Gasteiger partial charge in [-0.1, -0.05) is 39.5 Å². The molecule has 0 saturated heterocycles. The first-order chi connectivity index (χ1) is 7.60. The zero-order chi connectivity index (χ0) is 12.4. The lowest BCUT2D eigenvalue weighted by Crippen LogP contribution is -2.20. The molecule has 0 amide bonds. The molecule has 0 spiro atoms. The standard InChI is InChI=1S/C13H26O3/c1-5-7-9-11(3)15-13(14)16-12(4)10-8-6-2/h11-12H,5-10H2,1-4H3. The molecule has 0 heterocycles. The lowest BCUT2D eigenvalue weighted by Gasteiger charge is -2.16. The Morgan fingerprint density at radius 3 is 1.62 bits per heavy atom. The van der Waals surface area contributed by atoms with Gasteiger partial charge in [-0.2, -0.15) is 0 Å². The van der Waals surface area contributed by atoms with Crippen LogP contribution in [0.25, 0.3) is 0 Å². The van der Waals surface area contributed by atoms with Crippen LogP contribution in [0.15, 0.2) is 0 Å². The molecule has 0 saturated carbocycles. The van der Waals surface area contributed by atoms with Gasteiger partial charge in [0.2, 0.25) is 0 Å². The van der Waals surface area contributed by atoms with E-state index in [-0.39, 0.29) is 12.2 Å². The fourth-order valence-corrected chi connectivity index (χ4v) is 1.46. The summed E-state index contributed by atoms with van der Waals surface area (Å²) < 4.78 is 10.3. The molecule has 0 radical (unpaired) electrons. The van der Waals surface area contributed by atoms with Crippen LogP contribution in [0.4, 0.5) is 4.79 Å². The molecule has 3 heteroatoms. The van der Waals surface area contributed by atoms with Gasteiger partial charge in [-0.15, -0.1) is 0 Å². The van der Waals surface area contributed by atoms with Crippen molar-refractivity contribution in [2.24, 2.45) is 0 Å². The van der Waals surface area contributed by atoms with Crippen molar-refractivity contribution in [1.82, 2.24) is 0 Å². The number of carbonyl (C=O) groups excluding carboxylic acids is 1. The highest BCUT2D eigenvalue weighted by Gasteiger charge is 2.13. The van der Waals surface area contributed by atoms with E-state index in [2.05, 4.69) is 13.8 Å². The van der Waals surface area contributed by atoms with Crippen LogP contribution in [-0.2, 0) is 9.47 Å². The maximum absolute atomic E-state index is 11.3. The largest absolute Gasteiger partial charge is 0.508 e. The minimum absolute atomic E-state index is 0.0363. The smallest absolute Gasteiger partial charge is 0.431 e. The zero-order valence-corrected chi connectivity index (χ0v) is 11.1. The first-order valence-corrected chi connectivity index (χ1v) is 6.47. The summed E-state index contributed by atoms with van der Waals surface area (Å²) in [6.07, 6.45) is 5.64. The third kappa shape index (κ3) is 8.57. The van der Waals surface area contributed by atoms with Crippen LogP contribution in [0.1, 0.15) is 66.2 Å². The van der Waals surface area contributed by atoms with Gasteiger partial charge in [-0.05, 0) is 26.7 Å². The number of rotatable bonds is 8. The Balaban J connectivity index is 3.63. The number of unbranched alkanes of at least 4 members (excludes halogenated alkanes) is 2. The molecule has 0 aromatic rings. The monoisotopic (exact) mass is 230 g/mol. The topological polar surface area (TPSA) is 35.5 Å². The molecule has 0 N–H and O–H groups in total. The highest BCUT2D eigenvalue weighted by molar-refractivity contribution is 5.60. The van der Waals surface area contributed by atoms with Crippen LogP contribution >= 0.6 is 0 Å². The van der Waals surface area contributed by atoms with Crippen molar-refractivity contribution in [3.8, 4) is 0 Å². The molecule has 0 bridgehead atoms. The lowest BCUT2D eigenvalue weighted by molar-refractivity contribution is 0.00284. The predicted molar refractivity (Wildman–Crippen MR) is 65.5 cm³/mol. The van der Waals surface area contributed by atoms with Crippen LogP contribution in [-0.4, -0.2) is 18.4 Å². The van der Waals surface area contributed by atoms with Crippen molar-refractivity contribution in [1.29, 1.82) is 0 Å². The van der Waals surface area contributed by atoms with E-state index in [0.29, 0.717) is 0 Å². The van der Waals surface area contributed by atoms with E-state index < -0.39 is 6.16 Å². The highest BCUT2D eigenvalue weighted by Crippen LogP contribution is 2.09. The van der Waals surface area contributed by atoms with Crippen LogP contribution < -0.4 is 0 Å². The molecule has 2 unspecified atom stereocenters. The Morgan fingerprint density at radius 1 is 0.938 bits per heavy atom. The van der Waals surface area contributed by atoms with E-state index in [1.54, 1.807) is 0 Å². The number of hydrogen-bond acceptors (Lipinski definition) is 3. The summed E-state index contributed by atoms with van der Waals surface area (Å²) in [5.41, 5.74) is 0. The van der Waals surface area contributed by atoms with Gasteiger partial charge in [-0.3, -0.25) is 0 Å². The van der Waals surface area contributed by atoms with Gasteiger partial charge in [0, 0.05) is 0 Å². The number of carbonyl (C=O) groups is 1. The second-order valence-corrected chi connectivity index (χ2v) is 4.39. The van der Waals surface area contributed by atoms with Crippen molar-refractivity contribution < 1.29 is 14.3 Å². The molecular formula is C13H26O3. The molecule has 0 aliphatic carbocycles. The number of hydrogen-bond donors (Lipinski definition) is 0. The molecule has 0 aliphatic heterocycles. The van der Waals surface area contributed by atoms with E-state index in [0.717, 1.165) is 38.5 Å². The minimum Gasteiger partial charge on any atom is -0.431 e. The van der Waals surface area contributed by atoms with Crippen molar-refractivity contribution in [3.05, 3.63) is 0 Å². The van der Waals surface area contributed by atoms with Gasteiger partial charge in [0.1, 0.15) is 12.2 Å². The van der Waals surface area contributed by atoms with Gasteiger partial charge in [0.15, 0.2) is 0 Å². The average molecular weight is 230 g/mol. The van der Waals surface area contributed by atoms with Gasteiger partial charge in [-0.25, -0.2) is 4.79 Å². The number of ether oxygens (including phenoxy) is 2. The Morgan fingerprint density at radius 2 is 1.31 bits per heavy atom. The van der Waals surface area contributed by atoms with E-state index in [4.69, 9.17) is 9.47 Å². The van der Waals surface area contributed by atoms with Gasteiger partial charge in [0.25, 0.3) is 0 Å². The highest BCUT2D eigenvalue weighted by atomic mass is 16.7. The summed E-state index contributed by atoms with van der Waals surface area (Å²) in [5.74, 6) is 0. The lowest BCUT2D eigenvalue weighted by atomic mass is 10.2. The third-order valence-corrected chi connectivity index (χ3v) is 2.52. The van der Waals surface area contributed by atoms with Gasteiger partial charge < -0.3 is 9.47 Å². The van der Waals surface area contributed by atoms with Crippen LogP contribution in [0.5, 0.6) is 0 Å². The molecular weight excluding hydrogens is 204 g/mol. The molecule has 16 heavy (non-hydrogen) atoms. The Labute approximate surface area is 99.5 Å². The zero-order valence-electron chi connectivity index (χ0n) is 11.1. The summed E-state index contributed by atoms with van der Waals surface area (Å²) >= 11 is 0. The van der Waals surface area contributed by atoms with E-state index in [1.165, 1.54) is 0 Å². The molecule has 0 rings (SSSR count). The van der Waals surface area contributed by atoms with Gasteiger partial charge in [0.05, 0.1) is 0 Å². The van der Waals surface area contributed by atoms with Crippen LogP contribution in [0.2, 0.25) is 0 Å². The molecule has 2 atom stereocenters. The quantitative estimate of drug-likeness (QED) is 0.583. The van der Waals surface area contributed by atoms with Crippen LogP contribution in [0, 0.1) is 0 Å². The molecule has 96 valence electrons. The van der Waals surface area contributed by atoms with Crippen molar-refractivity contribution in [3.63, 3.8) is 0 Å². The van der Waals surface area contributed by atoms with Crippen molar-refractivity contribution >= 4 is 6.16 Å². The maximum atomic E-state index is 11.3. The van der Waals surface area contributed by atoms with E-state index >= 15 is 0 Å². The third-order valence-electron chi connectivity index (χ3n) is 2.52. The molecule has 3 nitrogen and oxygen atoms in total. The Hall–Kier alpha value is -0.730. The average Bonchev–Trinajstić information content (AvgIpc) is 2.23. The summed E-state index contributed by atoms with van der Waals surface area (Å²) in [6.45, 7) is 8.07. The van der Waals surface area contributed by atoms with E-state index in [9.17, 15) is 4.79 Å². The van der Waals surface area contributed by atoms with Crippen molar-refractivity contribution in [2.75, 3.05) is 0 Å². The maximum Gasteiger partial charge on any atom is 0.508 e. The predicted octanol–water partition coefficient (Wildman–Crippen LogP) is 4.30. The SMILES string of the molecule is CCCCC(C)OC(=O)OC(C)CCCC. The Kier molecular flexibility index (Phi) is 9.06. The molecule has 0 fully saturated rings. The van der Waals surface area contributed by atoms with Crippen LogP contribution in [0.3, 0.4) is 0 Å². The fraction of sp³-hybridized carbons (Fsp3) is 0.923. The van der Waals surface area contributed by atoms with Crippen molar-refractivity contribution in [2.45, 2.75) is 78.4 Å². The molecule has 0 aromatic heterocycles. The molecule has 0 aliphatic rings. The second-order valence-electron chi connectivity index (χ2n) is 4.39. The first-order valence-electron chi connectivity index (χ1n) is 6.47. The van der Waals surface area contributed by atoms with Gasteiger partial charge >= 0.3 is 6.16 Å². The summed E-state index contributed by atoms with van der Waals surface area (Å²) in [4.78, 5) is 11.3. The summed E-state index contributed by atoms with van der Waals surface area (Å²) in [7, 11) is 0. The molecule has 0 aromatic carbocycles.